The summed E-state index contributed by atoms with van der Waals surface area (Å²) in [5.41, 5.74) is 0. The summed E-state index contributed by atoms with van der Waals surface area (Å²) in [5.74, 6) is 0.0313. The van der Waals surface area contributed by atoms with Gasteiger partial charge in [-0.25, -0.2) is 9.98 Å². The molecule has 0 spiro atoms. The lowest BCUT2D eigenvalue weighted by Gasteiger charge is -1.99. The number of aliphatic imine (C=N–C) groups is 1. The van der Waals surface area contributed by atoms with E-state index in [-0.39, 0.29) is 5.78 Å². The van der Waals surface area contributed by atoms with Crippen molar-refractivity contribution in [3.05, 3.63) is 11.1 Å². The van der Waals surface area contributed by atoms with Crippen LogP contribution in [-0.2, 0) is 0 Å². The summed E-state index contributed by atoms with van der Waals surface area (Å²) >= 11 is 1.30. The van der Waals surface area contributed by atoms with Crippen LogP contribution in [0.1, 0.15) is 16.6 Å². The van der Waals surface area contributed by atoms with E-state index in [1.807, 2.05) is 19.0 Å². The third-order valence-corrected chi connectivity index (χ3v) is 2.25. The van der Waals surface area contributed by atoms with Crippen LogP contribution < -0.4 is 0 Å². The van der Waals surface area contributed by atoms with Gasteiger partial charge in [-0.1, -0.05) is 11.3 Å². The quantitative estimate of drug-likeness (QED) is 0.420. The molecule has 0 amide bonds. The Balaban J connectivity index is 2.75. The summed E-state index contributed by atoms with van der Waals surface area (Å²) in [5, 5.41) is 0.610. The maximum atomic E-state index is 10.9. The highest BCUT2D eigenvalue weighted by Gasteiger charge is 2.03. The minimum atomic E-state index is 0.0313. The van der Waals surface area contributed by atoms with Crippen molar-refractivity contribution in [1.29, 1.82) is 0 Å². The van der Waals surface area contributed by atoms with Crippen molar-refractivity contribution in [3.8, 4) is 0 Å². The number of hydrogen-bond acceptors (Lipinski definition) is 4. The Hall–Kier alpha value is -1.23. The second-order valence-corrected chi connectivity index (χ2v) is 3.78. The molecule has 1 aromatic heterocycles. The topological polar surface area (TPSA) is 45.6 Å². The zero-order valence-corrected chi connectivity index (χ0v) is 8.63. The van der Waals surface area contributed by atoms with Gasteiger partial charge in [-0.15, -0.1) is 0 Å². The fourth-order valence-electron chi connectivity index (χ4n) is 0.652. The molecule has 1 heterocycles. The van der Waals surface area contributed by atoms with Crippen molar-refractivity contribution in [2.45, 2.75) is 6.92 Å². The highest BCUT2D eigenvalue weighted by Crippen LogP contribution is 2.20. The van der Waals surface area contributed by atoms with E-state index in [1.165, 1.54) is 18.3 Å². The molecule has 70 valence electrons. The Morgan fingerprint density at radius 1 is 1.69 bits per heavy atom. The molecule has 0 saturated carbocycles. The predicted molar refractivity (Wildman–Crippen MR) is 54.0 cm³/mol. The Bertz CT molecular complexity index is 330. The van der Waals surface area contributed by atoms with Crippen LogP contribution in [0, 0.1) is 0 Å². The van der Waals surface area contributed by atoms with Crippen molar-refractivity contribution in [2.75, 3.05) is 14.1 Å². The number of Topliss-reactive ketones (excluding diaryl/α,β-unsaturated/α-hetero) is 1. The maximum absolute atomic E-state index is 10.9. The molecule has 0 N–H and O–H groups in total. The molecule has 0 radical (unpaired) electrons. The first-order chi connectivity index (χ1) is 6.09. The molecule has 0 aliphatic rings. The van der Waals surface area contributed by atoms with Crippen molar-refractivity contribution in [3.63, 3.8) is 0 Å². The third kappa shape index (κ3) is 2.95. The number of rotatable bonds is 3. The molecule has 0 fully saturated rings. The summed E-state index contributed by atoms with van der Waals surface area (Å²) in [6, 6.07) is 0. The van der Waals surface area contributed by atoms with Gasteiger partial charge >= 0.3 is 0 Å². The Morgan fingerprint density at radius 2 is 2.38 bits per heavy atom. The summed E-state index contributed by atoms with van der Waals surface area (Å²) in [6.07, 6.45) is 3.21. The Labute approximate surface area is 80.9 Å². The molecule has 4 nitrogen and oxygen atoms in total. The van der Waals surface area contributed by atoms with Gasteiger partial charge in [0.05, 0.1) is 17.4 Å². The van der Waals surface area contributed by atoms with E-state index in [0.29, 0.717) is 10.0 Å². The zero-order valence-electron chi connectivity index (χ0n) is 7.81. The van der Waals surface area contributed by atoms with Crippen molar-refractivity contribution in [2.24, 2.45) is 4.99 Å². The van der Waals surface area contributed by atoms with E-state index in [9.17, 15) is 4.79 Å². The van der Waals surface area contributed by atoms with Crippen LogP contribution in [0.3, 0.4) is 0 Å². The van der Waals surface area contributed by atoms with Crippen LogP contribution >= 0.6 is 11.3 Å². The molecule has 0 unspecified atom stereocenters. The number of thiazole rings is 1. The van der Waals surface area contributed by atoms with E-state index < -0.39 is 0 Å². The van der Waals surface area contributed by atoms with Gasteiger partial charge in [-0.3, -0.25) is 4.79 Å². The monoisotopic (exact) mass is 197 g/mol. The van der Waals surface area contributed by atoms with Gasteiger partial charge in [0.15, 0.2) is 5.78 Å². The van der Waals surface area contributed by atoms with Crippen LogP contribution in [0.25, 0.3) is 0 Å². The first kappa shape index (κ1) is 9.85. The molecule has 0 aliphatic carbocycles. The van der Waals surface area contributed by atoms with Crippen LogP contribution in [-0.4, -0.2) is 36.1 Å². The smallest absolute Gasteiger partial charge is 0.211 e. The first-order valence-corrected chi connectivity index (χ1v) is 4.58. The average molecular weight is 197 g/mol. The third-order valence-electron chi connectivity index (χ3n) is 1.24. The van der Waals surface area contributed by atoms with Crippen LogP contribution in [0.5, 0.6) is 0 Å². The van der Waals surface area contributed by atoms with Gasteiger partial charge in [0.1, 0.15) is 0 Å². The average Bonchev–Trinajstić information content (AvgIpc) is 2.48. The Morgan fingerprint density at radius 3 is 2.85 bits per heavy atom. The number of aromatic nitrogens is 1. The number of ketones is 1. The first-order valence-electron chi connectivity index (χ1n) is 3.77. The SMILES string of the molecule is CC(=O)c1cnc(N=CN(C)C)s1. The molecule has 0 saturated heterocycles. The predicted octanol–water partition coefficient (Wildman–Crippen LogP) is 1.57. The standard InChI is InChI=1S/C8H11N3OS/c1-6(12)7-4-9-8(13-7)10-5-11(2)3/h4-5H,1-3H3. The molecule has 5 heteroatoms. The highest BCUT2D eigenvalue weighted by molar-refractivity contribution is 7.17. The second-order valence-electron chi connectivity index (χ2n) is 2.77. The highest BCUT2D eigenvalue weighted by atomic mass is 32.1. The number of carbonyl (C=O) groups is 1. The lowest BCUT2D eigenvalue weighted by molar-refractivity contribution is 0.102. The van der Waals surface area contributed by atoms with Crippen LogP contribution in [0.15, 0.2) is 11.2 Å². The summed E-state index contributed by atoms with van der Waals surface area (Å²) in [4.78, 5) is 21.4. The molecular weight excluding hydrogens is 186 g/mol. The number of nitrogens with zero attached hydrogens (tertiary/aromatic N) is 3. The molecule has 0 aromatic carbocycles. The van der Waals surface area contributed by atoms with Gasteiger partial charge in [0.2, 0.25) is 5.13 Å². The molecule has 1 aromatic rings. The van der Waals surface area contributed by atoms with Crippen molar-refractivity contribution < 1.29 is 4.79 Å². The minimum Gasteiger partial charge on any atom is -0.369 e. The van der Waals surface area contributed by atoms with Crippen LogP contribution in [0.4, 0.5) is 5.13 Å². The Kier molecular flexibility index (Phi) is 3.13. The van der Waals surface area contributed by atoms with Gasteiger partial charge in [0.25, 0.3) is 0 Å². The van der Waals surface area contributed by atoms with Gasteiger partial charge in [-0.05, 0) is 0 Å². The molecule has 0 atom stereocenters. The normalized spacial score (nSPS) is 10.7. The fourth-order valence-corrected chi connectivity index (χ4v) is 1.30. The van der Waals surface area contributed by atoms with Gasteiger partial charge in [0, 0.05) is 21.0 Å². The van der Waals surface area contributed by atoms with E-state index in [4.69, 9.17) is 0 Å². The molecular formula is C8H11N3OS. The van der Waals surface area contributed by atoms with Crippen molar-refractivity contribution in [1.82, 2.24) is 9.88 Å². The van der Waals surface area contributed by atoms with Crippen molar-refractivity contribution >= 4 is 28.6 Å². The summed E-state index contributed by atoms with van der Waals surface area (Å²) in [7, 11) is 3.76. The van der Waals surface area contributed by atoms with Gasteiger partial charge in [-0.2, -0.15) is 0 Å². The molecule has 1 rings (SSSR count). The molecule has 0 aliphatic heterocycles. The lowest BCUT2D eigenvalue weighted by atomic mass is 10.4. The molecule has 13 heavy (non-hydrogen) atoms. The maximum Gasteiger partial charge on any atom is 0.211 e. The minimum absolute atomic E-state index is 0.0313. The molecule has 0 bridgehead atoms. The van der Waals surface area contributed by atoms with Crippen LogP contribution in [0.2, 0.25) is 0 Å². The second kappa shape index (κ2) is 4.13. The number of carbonyl (C=O) groups excluding carboxylic acids is 1. The zero-order chi connectivity index (χ0) is 9.84. The fraction of sp³-hybridized carbons (Fsp3) is 0.375. The van der Waals surface area contributed by atoms with E-state index in [1.54, 1.807) is 12.5 Å². The van der Waals surface area contributed by atoms with E-state index in [0.717, 1.165) is 0 Å². The largest absolute Gasteiger partial charge is 0.369 e. The summed E-state index contributed by atoms with van der Waals surface area (Å²) in [6.45, 7) is 1.52. The van der Waals surface area contributed by atoms with E-state index >= 15 is 0 Å². The summed E-state index contributed by atoms with van der Waals surface area (Å²) < 4.78 is 0. The van der Waals surface area contributed by atoms with E-state index in [2.05, 4.69) is 9.98 Å². The van der Waals surface area contributed by atoms with Gasteiger partial charge < -0.3 is 4.90 Å². The lowest BCUT2D eigenvalue weighted by Crippen LogP contribution is -2.06. The number of hydrogen-bond donors (Lipinski definition) is 0.